The van der Waals surface area contributed by atoms with Crippen molar-refractivity contribution in [2.24, 2.45) is 0 Å². The second-order valence-electron chi connectivity index (χ2n) is 5.50. The minimum Gasteiger partial charge on any atom is -0.497 e. The van der Waals surface area contributed by atoms with Gasteiger partial charge < -0.3 is 19.2 Å². The first-order valence-corrected chi connectivity index (χ1v) is 10.0. The van der Waals surface area contributed by atoms with Crippen LogP contribution in [-0.4, -0.2) is 24.7 Å². The lowest BCUT2D eigenvalue weighted by Crippen LogP contribution is -2.20. The van der Waals surface area contributed by atoms with E-state index in [2.05, 4.69) is 5.32 Å². The average molecular weight is 402 g/mol. The Hall–Kier alpha value is -3.04. The van der Waals surface area contributed by atoms with Crippen LogP contribution >= 0.6 is 20.7 Å². The van der Waals surface area contributed by atoms with Crippen molar-refractivity contribution in [3.8, 4) is 27.8 Å². The van der Waals surface area contributed by atoms with Crippen molar-refractivity contribution in [1.29, 1.82) is 0 Å². The highest BCUT2D eigenvalue weighted by molar-refractivity contribution is 7.70. The fourth-order valence-corrected chi connectivity index (χ4v) is 4.96. The van der Waals surface area contributed by atoms with Gasteiger partial charge in [-0.2, -0.15) is 0 Å². The molecule has 1 amide bonds. The van der Waals surface area contributed by atoms with Crippen LogP contribution in [0.2, 0.25) is 0 Å². The van der Waals surface area contributed by atoms with Crippen molar-refractivity contribution < 1.29 is 18.7 Å². The zero-order chi connectivity index (χ0) is 19.0. The number of hydrogen-bond acceptors (Lipinski definition) is 7. The van der Waals surface area contributed by atoms with Crippen LogP contribution in [0, 0.1) is 0 Å². The number of hydrogen-bond donors (Lipinski definition) is 1. The molecule has 0 fully saturated rings. The van der Waals surface area contributed by atoms with Crippen LogP contribution in [-0.2, 0) is 0 Å². The number of anilines is 1. The van der Waals surface area contributed by atoms with E-state index in [0.29, 0.717) is 27.8 Å². The van der Waals surface area contributed by atoms with Gasteiger partial charge in [0, 0.05) is 11.4 Å². The van der Waals surface area contributed by atoms with E-state index in [4.69, 9.17) is 13.9 Å². The van der Waals surface area contributed by atoms with Gasteiger partial charge in [0.1, 0.15) is 17.2 Å². The van der Waals surface area contributed by atoms with Crippen LogP contribution in [0.5, 0.6) is 11.5 Å². The third-order valence-corrected chi connectivity index (χ3v) is 6.09. The van der Waals surface area contributed by atoms with Gasteiger partial charge in [-0.3, -0.25) is 14.2 Å². The Morgan fingerprint density at radius 1 is 1.22 bits per heavy atom. The first-order chi connectivity index (χ1) is 13.1. The number of ether oxygens (including phenoxy) is 2. The van der Waals surface area contributed by atoms with Crippen LogP contribution in [0.15, 0.2) is 51.2 Å². The number of rotatable bonds is 5. The molecule has 1 aromatic carbocycles. The predicted molar refractivity (Wildman–Crippen MR) is 104 cm³/mol. The summed E-state index contributed by atoms with van der Waals surface area (Å²) in [5.74, 6) is 0.767. The molecule has 138 valence electrons. The molecule has 0 bridgehead atoms. The molecule has 0 spiro atoms. The van der Waals surface area contributed by atoms with Crippen LogP contribution in [0.4, 0.5) is 5.69 Å². The van der Waals surface area contributed by atoms with Crippen molar-refractivity contribution in [2.75, 3.05) is 19.5 Å². The summed E-state index contributed by atoms with van der Waals surface area (Å²) in [5, 5.41) is 4.55. The zero-order valence-corrected chi connectivity index (χ0v) is 16.0. The second kappa shape index (κ2) is 6.93. The quantitative estimate of drug-likeness (QED) is 0.512. The van der Waals surface area contributed by atoms with Crippen molar-refractivity contribution in [3.63, 3.8) is 0 Å². The number of furan rings is 1. The lowest BCUT2D eigenvalue weighted by atomic mass is 10.2. The van der Waals surface area contributed by atoms with Gasteiger partial charge in [0.15, 0.2) is 5.76 Å². The number of fused-ring (bicyclic) bond motifs is 1. The van der Waals surface area contributed by atoms with E-state index in [0.717, 1.165) is 0 Å². The number of methoxy groups -OCH3 is 2. The molecule has 0 unspecified atom stereocenters. The van der Waals surface area contributed by atoms with Crippen molar-refractivity contribution in [2.45, 2.75) is 0 Å². The first kappa shape index (κ1) is 17.4. The summed E-state index contributed by atoms with van der Waals surface area (Å²) in [6.07, 6.45) is 1.41. The maximum atomic E-state index is 13.1. The Morgan fingerprint density at radius 3 is 2.78 bits per heavy atom. The molecule has 0 saturated heterocycles. The fraction of sp³-hybridized carbons (Fsp3) is 0.111. The summed E-state index contributed by atoms with van der Waals surface area (Å²) in [4.78, 5) is 26.2. The van der Waals surface area contributed by atoms with E-state index in [9.17, 15) is 9.59 Å². The number of nitrogens with zero attached hydrogens (tertiary/aromatic N) is 1. The summed E-state index contributed by atoms with van der Waals surface area (Å²) in [6, 6.07) is 8.36. The molecule has 2 aliphatic heterocycles. The van der Waals surface area contributed by atoms with Crippen molar-refractivity contribution in [1.82, 2.24) is 4.57 Å². The molecule has 0 saturated carbocycles. The number of carbonyl (C=O) groups excluding carboxylic acids is 1. The topological polar surface area (TPSA) is 82.7 Å². The first-order valence-electron chi connectivity index (χ1n) is 7.83. The molecule has 3 heterocycles. The molecule has 2 aromatic rings. The Morgan fingerprint density at radius 2 is 2.07 bits per heavy atom. The molecule has 0 aliphatic carbocycles. The number of aromatic nitrogens is 1. The second-order valence-corrected chi connectivity index (χ2v) is 7.58. The predicted octanol–water partition coefficient (Wildman–Crippen LogP) is 3.93. The zero-order valence-electron chi connectivity index (χ0n) is 14.3. The van der Waals surface area contributed by atoms with Crippen LogP contribution < -0.4 is 20.3 Å². The fourth-order valence-electron chi connectivity index (χ4n) is 2.76. The molecular weight excluding hydrogens is 388 g/mol. The lowest BCUT2D eigenvalue weighted by molar-refractivity contribution is 0.0996. The van der Waals surface area contributed by atoms with Gasteiger partial charge in [-0.05, 0) is 24.3 Å². The average Bonchev–Trinajstić information content (AvgIpc) is 3.41. The minimum absolute atomic E-state index is 0.137. The smallest absolute Gasteiger partial charge is 0.291 e. The van der Waals surface area contributed by atoms with Gasteiger partial charge >= 0.3 is 0 Å². The monoisotopic (exact) mass is 402 g/mol. The Kier molecular flexibility index (Phi) is 4.46. The normalized spacial score (nSPS) is 10.9. The summed E-state index contributed by atoms with van der Waals surface area (Å²) in [7, 11) is 5.98. The van der Waals surface area contributed by atoms with Gasteiger partial charge in [-0.1, -0.05) is 20.7 Å². The molecule has 0 radical (unpaired) electrons. The van der Waals surface area contributed by atoms with Gasteiger partial charge in [0.2, 0.25) is 0 Å². The molecule has 9 heteroatoms. The van der Waals surface area contributed by atoms with Crippen LogP contribution in [0.1, 0.15) is 10.6 Å². The highest BCUT2D eigenvalue weighted by Gasteiger charge is 2.27. The lowest BCUT2D eigenvalue weighted by Gasteiger charge is -2.11. The highest BCUT2D eigenvalue weighted by Crippen LogP contribution is 2.40. The molecular formula is C18H14N2O5S2. The van der Waals surface area contributed by atoms with Crippen molar-refractivity contribution >= 4 is 32.3 Å². The van der Waals surface area contributed by atoms with Gasteiger partial charge in [-0.25, -0.2) is 0 Å². The molecule has 4 rings (SSSR count). The number of benzene rings is 1. The Bertz CT molecular complexity index is 1120. The van der Waals surface area contributed by atoms with Gasteiger partial charge in [0.25, 0.3) is 11.5 Å². The van der Waals surface area contributed by atoms with E-state index >= 15 is 0 Å². The SMILES string of the molecule is COc1ccc(-n2c3cssc-3c(NC(=O)c3ccco3)c2=O)c(OC)c1. The molecule has 1 N–H and O–H groups in total. The maximum absolute atomic E-state index is 13.1. The Labute approximate surface area is 161 Å². The number of carbonyl (C=O) groups is 1. The van der Waals surface area contributed by atoms with E-state index in [1.54, 1.807) is 31.4 Å². The molecule has 2 aliphatic rings. The summed E-state index contributed by atoms with van der Waals surface area (Å²) in [6.45, 7) is 0. The van der Waals surface area contributed by atoms with E-state index in [1.807, 2.05) is 5.38 Å². The molecule has 27 heavy (non-hydrogen) atoms. The van der Waals surface area contributed by atoms with E-state index in [1.165, 1.54) is 44.7 Å². The summed E-state index contributed by atoms with van der Waals surface area (Å²) >= 11 is 0. The standard InChI is InChI=1S/C18H14N2O5S2/c1-23-10-5-6-11(14(8-10)24-2)20-12-9-26-27-16(12)15(18(20)22)19-17(21)13-4-3-7-25-13/h3-9H,1-2H3,(H,19,21). The van der Waals surface area contributed by atoms with Gasteiger partial charge in [0.05, 0.1) is 36.7 Å². The van der Waals surface area contributed by atoms with E-state index in [-0.39, 0.29) is 17.0 Å². The van der Waals surface area contributed by atoms with Crippen LogP contribution in [0.3, 0.4) is 0 Å². The van der Waals surface area contributed by atoms with Crippen molar-refractivity contribution in [3.05, 3.63) is 58.1 Å². The summed E-state index contributed by atoms with van der Waals surface area (Å²) in [5.41, 5.74) is 1.15. The third kappa shape index (κ3) is 2.90. The third-order valence-electron chi connectivity index (χ3n) is 4.02. The van der Waals surface area contributed by atoms with Gasteiger partial charge in [-0.15, -0.1) is 0 Å². The minimum atomic E-state index is -0.476. The number of amides is 1. The summed E-state index contributed by atoms with van der Waals surface area (Å²) < 4.78 is 17.3. The Balaban J connectivity index is 1.84. The van der Waals surface area contributed by atoms with E-state index < -0.39 is 5.91 Å². The largest absolute Gasteiger partial charge is 0.497 e. The molecule has 0 atom stereocenters. The number of nitrogens with one attached hydrogen (secondary N) is 1. The molecule has 1 aromatic heterocycles. The van der Waals surface area contributed by atoms with Crippen LogP contribution in [0.25, 0.3) is 16.3 Å². The highest BCUT2D eigenvalue weighted by atomic mass is 32.9. The molecule has 7 nitrogen and oxygen atoms in total. The maximum Gasteiger partial charge on any atom is 0.291 e.